The molecular weight excluding hydrogens is 717 g/mol. The van der Waals surface area contributed by atoms with Crippen LogP contribution in [0.15, 0.2) is 61.1 Å². The van der Waals surface area contributed by atoms with Gasteiger partial charge in [-0.1, -0.05) is 31.4 Å². The summed E-state index contributed by atoms with van der Waals surface area (Å²) in [6.45, 7) is 8.15. The number of imidazole rings is 1. The number of amides is 3. The molecule has 0 bridgehead atoms. The van der Waals surface area contributed by atoms with Gasteiger partial charge in [-0.2, -0.15) is 0 Å². The van der Waals surface area contributed by atoms with E-state index in [1.807, 2.05) is 29.0 Å². The van der Waals surface area contributed by atoms with Crippen LogP contribution in [-0.4, -0.2) is 67.8 Å². The SMILES string of the molecule is CC(C)Oc1cc2nc(C3CCCCC3)cn2cc1C(=O)Nc1cccc(C(F)F)n1.Cc1cn(C2CCC(=O)NC2=O)c2ccc(C3CCN(C)CC3)cc12. The molecule has 5 aromatic rings. The van der Waals surface area contributed by atoms with Crippen LogP contribution in [0.5, 0.6) is 5.75 Å². The van der Waals surface area contributed by atoms with Crippen LogP contribution in [0.4, 0.5) is 14.6 Å². The van der Waals surface area contributed by atoms with Crippen molar-refractivity contribution in [3.63, 3.8) is 0 Å². The van der Waals surface area contributed by atoms with Crippen molar-refractivity contribution in [2.45, 2.75) is 109 Å². The van der Waals surface area contributed by atoms with Gasteiger partial charge in [0, 0.05) is 47.9 Å². The van der Waals surface area contributed by atoms with Crippen molar-refractivity contribution < 1.29 is 27.9 Å². The van der Waals surface area contributed by atoms with E-state index in [4.69, 9.17) is 9.72 Å². The number of ether oxygens (including phenoxy) is 1. The third kappa shape index (κ3) is 8.77. The van der Waals surface area contributed by atoms with Gasteiger partial charge in [-0.05, 0) is 114 Å². The number of nitrogens with zero attached hydrogens (tertiary/aromatic N) is 5. The van der Waals surface area contributed by atoms with Crippen LogP contribution in [0.1, 0.15) is 129 Å². The number of carbonyl (C=O) groups is 3. The molecule has 0 spiro atoms. The summed E-state index contributed by atoms with van der Waals surface area (Å²) < 4.78 is 35.6. The van der Waals surface area contributed by atoms with E-state index in [1.165, 1.54) is 66.8 Å². The highest BCUT2D eigenvalue weighted by Gasteiger charge is 2.30. The lowest BCUT2D eigenvalue weighted by Crippen LogP contribution is -2.41. The van der Waals surface area contributed by atoms with E-state index in [2.05, 4.69) is 58.9 Å². The number of likely N-dealkylation sites (tertiary alicyclic amines) is 1. The number of halogens is 2. The summed E-state index contributed by atoms with van der Waals surface area (Å²) >= 11 is 0. The van der Waals surface area contributed by atoms with Crippen molar-refractivity contribution in [3.8, 4) is 5.75 Å². The number of pyridine rings is 2. The minimum Gasteiger partial charge on any atom is -0.490 e. The lowest BCUT2D eigenvalue weighted by molar-refractivity contribution is -0.135. The highest BCUT2D eigenvalue weighted by atomic mass is 19.3. The molecule has 296 valence electrons. The molecule has 0 radical (unpaired) electrons. The molecule has 1 atom stereocenters. The third-order valence-electron chi connectivity index (χ3n) is 11.2. The molecule has 3 amide bonds. The Bertz CT molecular complexity index is 2220. The number of hydrogen-bond acceptors (Lipinski definition) is 7. The average molecular weight is 768 g/mol. The molecule has 13 heteroatoms. The summed E-state index contributed by atoms with van der Waals surface area (Å²) in [7, 11) is 2.18. The minimum absolute atomic E-state index is 0.0620. The van der Waals surface area contributed by atoms with E-state index in [0.29, 0.717) is 36.1 Å². The first kappa shape index (κ1) is 39.1. The lowest BCUT2D eigenvalue weighted by atomic mass is 9.87. The van der Waals surface area contributed by atoms with Crippen molar-refractivity contribution in [1.29, 1.82) is 0 Å². The first-order valence-electron chi connectivity index (χ1n) is 19.8. The number of piperidine rings is 2. The number of imide groups is 1. The second-order valence-electron chi connectivity index (χ2n) is 15.7. The van der Waals surface area contributed by atoms with Crippen LogP contribution < -0.4 is 15.4 Å². The average Bonchev–Trinajstić information content (AvgIpc) is 3.75. The maximum absolute atomic E-state index is 13.0. The monoisotopic (exact) mass is 767 g/mol. The zero-order chi connectivity index (χ0) is 39.5. The van der Waals surface area contributed by atoms with Crippen LogP contribution in [0.2, 0.25) is 0 Å². The summed E-state index contributed by atoms with van der Waals surface area (Å²) in [5, 5.41) is 6.29. The molecule has 3 aliphatic rings. The van der Waals surface area contributed by atoms with E-state index in [1.54, 1.807) is 12.3 Å². The Morgan fingerprint density at radius 1 is 0.929 bits per heavy atom. The molecule has 1 saturated carbocycles. The number of anilines is 1. The molecule has 56 heavy (non-hydrogen) atoms. The number of hydrogen-bond donors (Lipinski definition) is 2. The summed E-state index contributed by atoms with van der Waals surface area (Å²) in [5.41, 5.74) is 5.32. The number of nitrogens with one attached hydrogen (secondary N) is 2. The zero-order valence-electron chi connectivity index (χ0n) is 32.6. The smallest absolute Gasteiger partial charge is 0.280 e. The van der Waals surface area contributed by atoms with Gasteiger partial charge in [-0.3, -0.25) is 19.7 Å². The molecule has 1 aromatic carbocycles. The molecular formula is C43H51F2N7O4. The zero-order valence-corrected chi connectivity index (χ0v) is 32.6. The summed E-state index contributed by atoms with van der Waals surface area (Å²) in [6, 6.07) is 12.3. The van der Waals surface area contributed by atoms with Gasteiger partial charge in [-0.15, -0.1) is 0 Å². The summed E-state index contributed by atoms with van der Waals surface area (Å²) in [5.74, 6) is 0.675. The first-order chi connectivity index (χ1) is 26.9. The van der Waals surface area contributed by atoms with Gasteiger partial charge in [-0.25, -0.2) is 18.7 Å². The predicted molar refractivity (Wildman–Crippen MR) is 211 cm³/mol. The molecule has 2 saturated heterocycles. The van der Waals surface area contributed by atoms with Gasteiger partial charge in [0.05, 0.1) is 17.4 Å². The Balaban J connectivity index is 0.000000175. The molecule has 1 aliphatic carbocycles. The number of carbonyl (C=O) groups excluding carboxylic acids is 3. The van der Waals surface area contributed by atoms with Crippen molar-refractivity contribution in [2.24, 2.45) is 0 Å². The van der Waals surface area contributed by atoms with Gasteiger partial charge in [0.2, 0.25) is 11.8 Å². The molecule has 3 fully saturated rings. The van der Waals surface area contributed by atoms with Crippen molar-refractivity contribution >= 4 is 40.1 Å². The maximum Gasteiger partial charge on any atom is 0.280 e. The largest absolute Gasteiger partial charge is 0.490 e. The normalized spacial score (nSPS) is 18.7. The number of rotatable bonds is 8. The topological polar surface area (TPSA) is 123 Å². The quantitative estimate of drug-likeness (QED) is 0.152. The predicted octanol–water partition coefficient (Wildman–Crippen LogP) is 8.49. The highest BCUT2D eigenvalue weighted by molar-refractivity contribution is 6.06. The van der Waals surface area contributed by atoms with Crippen molar-refractivity contribution in [1.82, 2.24) is 29.2 Å². The fraction of sp³-hybridized carbons (Fsp3) is 0.465. The second kappa shape index (κ2) is 16.9. The van der Waals surface area contributed by atoms with Gasteiger partial charge >= 0.3 is 0 Å². The Morgan fingerprint density at radius 2 is 1.70 bits per heavy atom. The van der Waals surface area contributed by atoms with Crippen LogP contribution in [0.3, 0.4) is 0 Å². The molecule has 4 aromatic heterocycles. The first-order valence-corrected chi connectivity index (χ1v) is 19.8. The van der Waals surface area contributed by atoms with Crippen molar-refractivity contribution in [2.75, 3.05) is 25.5 Å². The Labute approximate surface area is 325 Å². The third-order valence-corrected chi connectivity index (χ3v) is 11.2. The molecule has 8 rings (SSSR count). The second-order valence-corrected chi connectivity index (χ2v) is 15.7. The number of aromatic nitrogens is 4. The van der Waals surface area contributed by atoms with Crippen LogP contribution >= 0.6 is 0 Å². The molecule has 2 aliphatic heterocycles. The Morgan fingerprint density at radius 3 is 2.41 bits per heavy atom. The Hall–Kier alpha value is -5.17. The summed E-state index contributed by atoms with van der Waals surface area (Å²) in [4.78, 5) is 47.6. The number of benzene rings is 1. The maximum atomic E-state index is 13.0. The lowest BCUT2D eigenvalue weighted by Gasteiger charge is -2.29. The minimum atomic E-state index is -2.71. The number of fused-ring (bicyclic) bond motifs is 2. The number of alkyl halides is 2. The highest BCUT2D eigenvalue weighted by Crippen LogP contribution is 2.35. The molecule has 1 unspecified atom stereocenters. The molecule has 2 N–H and O–H groups in total. The van der Waals surface area contributed by atoms with Crippen LogP contribution in [0, 0.1) is 6.92 Å². The van der Waals surface area contributed by atoms with Gasteiger partial charge < -0.3 is 23.9 Å². The fourth-order valence-corrected chi connectivity index (χ4v) is 8.22. The molecule has 11 nitrogen and oxygen atoms in total. The van der Waals surface area contributed by atoms with Gasteiger partial charge in [0.25, 0.3) is 12.3 Å². The Kier molecular flexibility index (Phi) is 11.8. The van der Waals surface area contributed by atoms with Crippen LogP contribution in [-0.2, 0) is 9.59 Å². The molecule has 6 heterocycles. The fourth-order valence-electron chi connectivity index (χ4n) is 8.22. The number of aryl methyl sites for hydroxylation is 1. The standard InChI is InChI=1S/C23H26F2N4O2.C20H25N3O2/c1-14(2)31-19-11-21-27-18(15-7-4-3-5-8-15)13-29(21)12-16(19)23(30)28-20-10-6-9-17(26-20)22(24)25;1-13-12-23(18-5-6-19(24)21-20(18)25)17-4-3-15(11-16(13)17)14-7-9-22(2)10-8-14/h6,9-15,22H,3-5,7-8H2,1-2H3,(H,26,28,30);3-4,11-12,14,18H,5-10H2,1-2H3,(H,21,24,25). The van der Waals surface area contributed by atoms with Gasteiger partial charge in [0.15, 0.2) is 0 Å². The van der Waals surface area contributed by atoms with E-state index in [-0.39, 0.29) is 35.3 Å². The van der Waals surface area contributed by atoms with E-state index >= 15 is 0 Å². The van der Waals surface area contributed by atoms with Crippen LogP contribution in [0.25, 0.3) is 16.6 Å². The van der Waals surface area contributed by atoms with E-state index < -0.39 is 18.0 Å². The van der Waals surface area contributed by atoms with Gasteiger partial charge in [0.1, 0.15) is 29.0 Å². The van der Waals surface area contributed by atoms with E-state index in [9.17, 15) is 23.2 Å². The summed E-state index contributed by atoms with van der Waals surface area (Å²) in [6.07, 6.45) is 12.2. The van der Waals surface area contributed by atoms with Crippen molar-refractivity contribution in [3.05, 3.63) is 89.1 Å². The van der Waals surface area contributed by atoms with E-state index in [0.717, 1.165) is 37.1 Å².